The fourth-order valence-electron chi connectivity index (χ4n) is 3.85. The summed E-state index contributed by atoms with van der Waals surface area (Å²) >= 11 is 0. The fourth-order valence-corrected chi connectivity index (χ4v) is 3.85. The van der Waals surface area contributed by atoms with E-state index in [2.05, 4.69) is 45.0 Å². The largest absolute Gasteiger partial charge is 0.490 e. The van der Waals surface area contributed by atoms with E-state index in [0.717, 1.165) is 17.7 Å². The molecule has 1 aliphatic rings. The number of aromatic amines is 1. The first kappa shape index (κ1) is 25.9. The molecule has 9 heteroatoms. The quantitative estimate of drug-likeness (QED) is 0.176. The van der Waals surface area contributed by atoms with Crippen LogP contribution in [0.2, 0.25) is 0 Å². The van der Waals surface area contributed by atoms with Crippen LogP contribution in [0.4, 0.5) is 5.69 Å². The molecule has 0 radical (unpaired) electrons. The second-order valence-electron chi connectivity index (χ2n) is 8.71. The number of nitrogens with one attached hydrogen (secondary N) is 2. The Morgan fingerprint density at radius 1 is 1.14 bits per heavy atom. The lowest BCUT2D eigenvalue weighted by molar-refractivity contribution is -0.111. The zero-order chi connectivity index (χ0) is 25.7. The van der Waals surface area contributed by atoms with Gasteiger partial charge in [-0.1, -0.05) is 63.0 Å². The van der Waals surface area contributed by atoms with Crippen LogP contribution in [0.3, 0.4) is 0 Å². The summed E-state index contributed by atoms with van der Waals surface area (Å²) in [6, 6.07) is 12.9. The van der Waals surface area contributed by atoms with Gasteiger partial charge in [0, 0.05) is 6.08 Å². The van der Waals surface area contributed by atoms with Gasteiger partial charge >= 0.3 is 0 Å². The van der Waals surface area contributed by atoms with Crippen molar-refractivity contribution in [2.45, 2.75) is 51.6 Å². The Kier molecular flexibility index (Phi) is 9.69. The first-order chi connectivity index (χ1) is 18.2. The van der Waals surface area contributed by atoms with Gasteiger partial charge in [0.1, 0.15) is 19.0 Å². The number of carbonyl (C=O) groups excluding carboxylic acids is 1. The third kappa shape index (κ3) is 7.93. The molecule has 194 valence electrons. The number of benzene rings is 2. The highest BCUT2D eigenvalue weighted by molar-refractivity contribution is 6.03. The molecule has 0 aliphatic carbocycles. The zero-order valence-electron chi connectivity index (χ0n) is 21.1. The van der Waals surface area contributed by atoms with Crippen LogP contribution in [0.25, 0.3) is 6.08 Å². The summed E-state index contributed by atoms with van der Waals surface area (Å²) in [5.41, 5.74) is 1.39. The Morgan fingerprint density at radius 3 is 2.81 bits per heavy atom. The summed E-state index contributed by atoms with van der Waals surface area (Å²) in [5, 5.41) is 16.6. The number of nitrogens with zero attached hydrogens (tertiary/aromatic N) is 3. The number of fused-ring (bicyclic) bond motifs is 1. The number of allylic oxidation sites excluding steroid dienone is 1. The average molecular weight is 504 g/mol. The number of tetrazole rings is 1. The summed E-state index contributed by atoms with van der Waals surface area (Å²) in [5.74, 6) is 1.93. The van der Waals surface area contributed by atoms with Crippen LogP contribution in [-0.2, 0) is 4.79 Å². The molecule has 1 amide bonds. The number of aromatic nitrogens is 4. The molecule has 1 atom stereocenters. The SMILES string of the molecule is CCCCCCC/C=C/COc1ccc(C=CC(=O)Nc2cccc3c2OC(c2nnn[nH]2)CO3)cc1. The number of unbranched alkanes of at least 4 members (excludes halogenated alkanes) is 5. The van der Waals surface area contributed by atoms with Crippen molar-refractivity contribution >= 4 is 17.7 Å². The predicted molar refractivity (Wildman–Crippen MR) is 142 cm³/mol. The monoisotopic (exact) mass is 503 g/mol. The van der Waals surface area contributed by atoms with Crippen molar-refractivity contribution < 1.29 is 19.0 Å². The van der Waals surface area contributed by atoms with Gasteiger partial charge in [0.15, 0.2) is 23.4 Å². The molecule has 2 heterocycles. The van der Waals surface area contributed by atoms with Crippen LogP contribution in [0, 0.1) is 0 Å². The van der Waals surface area contributed by atoms with Crippen LogP contribution in [0.1, 0.15) is 62.9 Å². The van der Waals surface area contributed by atoms with Gasteiger partial charge in [-0.3, -0.25) is 4.79 Å². The normalized spacial score (nSPS) is 14.8. The van der Waals surface area contributed by atoms with E-state index in [4.69, 9.17) is 14.2 Å². The maximum absolute atomic E-state index is 12.6. The molecule has 3 aromatic rings. The Hall–Kier alpha value is -4.14. The highest BCUT2D eigenvalue weighted by Gasteiger charge is 2.27. The molecule has 9 nitrogen and oxygen atoms in total. The first-order valence-corrected chi connectivity index (χ1v) is 12.8. The number of para-hydroxylation sites is 1. The molecule has 4 rings (SSSR count). The molecule has 0 fully saturated rings. The minimum Gasteiger partial charge on any atom is -0.490 e. The standard InChI is InChI=1S/C28H33N5O4/c1-2-3-4-5-6-7-8-9-19-35-22-16-13-21(14-17-22)15-18-26(34)29-23-11-10-12-24-27(23)37-25(20-36-24)28-30-32-33-31-28/h8-18,25H,2-7,19-20H2,1H3,(H,29,34)(H,30,31,32,33)/b9-8+,18-15?. The van der Waals surface area contributed by atoms with Crippen molar-refractivity contribution in [2.24, 2.45) is 0 Å². The van der Waals surface area contributed by atoms with Gasteiger partial charge in [-0.2, -0.15) is 0 Å². The van der Waals surface area contributed by atoms with Crippen LogP contribution in [0.5, 0.6) is 17.2 Å². The number of ether oxygens (including phenoxy) is 3. The van der Waals surface area contributed by atoms with Gasteiger partial charge in [-0.05, 0) is 59.2 Å². The van der Waals surface area contributed by atoms with Crippen LogP contribution in [0.15, 0.2) is 60.7 Å². The first-order valence-electron chi connectivity index (χ1n) is 12.8. The number of rotatable bonds is 13. The van der Waals surface area contributed by atoms with Crippen molar-refractivity contribution in [3.8, 4) is 17.2 Å². The number of anilines is 1. The zero-order valence-corrected chi connectivity index (χ0v) is 21.1. The van der Waals surface area contributed by atoms with Crippen molar-refractivity contribution in [1.29, 1.82) is 0 Å². The molecule has 0 bridgehead atoms. The van der Waals surface area contributed by atoms with Crippen molar-refractivity contribution in [2.75, 3.05) is 18.5 Å². The minimum absolute atomic E-state index is 0.260. The van der Waals surface area contributed by atoms with E-state index in [1.54, 1.807) is 24.3 Å². The van der Waals surface area contributed by atoms with Crippen LogP contribution >= 0.6 is 0 Å². The fraction of sp³-hybridized carbons (Fsp3) is 0.357. The topological polar surface area (TPSA) is 111 Å². The highest BCUT2D eigenvalue weighted by atomic mass is 16.6. The Bertz CT molecular complexity index is 1180. The van der Waals surface area contributed by atoms with Gasteiger partial charge in [0.2, 0.25) is 5.91 Å². The average Bonchev–Trinajstić information content (AvgIpc) is 3.47. The number of hydrogen-bond donors (Lipinski definition) is 2. The predicted octanol–water partition coefficient (Wildman–Crippen LogP) is 5.66. The molecule has 37 heavy (non-hydrogen) atoms. The molecule has 2 N–H and O–H groups in total. The molecule has 2 aromatic carbocycles. The van der Waals surface area contributed by atoms with Crippen LogP contribution in [-0.4, -0.2) is 39.7 Å². The molecule has 1 aliphatic heterocycles. The molecule has 0 spiro atoms. The lowest BCUT2D eigenvalue weighted by atomic mass is 10.1. The lowest BCUT2D eigenvalue weighted by Crippen LogP contribution is -2.24. The Morgan fingerprint density at radius 2 is 2.00 bits per heavy atom. The molecule has 0 saturated heterocycles. The van der Waals surface area contributed by atoms with Gasteiger partial charge < -0.3 is 19.5 Å². The lowest BCUT2D eigenvalue weighted by Gasteiger charge is -2.26. The van der Waals surface area contributed by atoms with Gasteiger partial charge in [-0.25, -0.2) is 5.10 Å². The summed E-state index contributed by atoms with van der Waals surface area (Å²) in [6.07, 6.45) is 14.5. The molecule has 1 unspecified atom stereocenters. The van der Waals surface area contributed by atoms with E-state index in [-0.39, 0.29) is 12.5 Å². The maximum atomic E-state index is 12.6. The van der Waals surface area contributed by atoms with Crippen LogP contribution < -0.4 is 19.5 Å². The van der Waals surface area contributed by atoms with Gasteiger partial charge in [-0.15, -0.1) is 5.10 Å². The Balaban J connectivity index is 1.24. The smallest absolute Gasteiger partial charge is 0.248 e. The second-order valence-corrected chi connectivity index (χ2v) is 8.71. The number of amides is 1. The third-order valence-corrected chi connectivity index (χ3v) is 5.85. The molecular weight excluding hydrogens is 470 g/mol. The Labute approximate surface area is 216 Å². The van der Waals surface area contributed by atoms with E-state index in [1.807, 2.05) is 24.3 Å². The second kappa shape index (κ2) is 13.8. The number of carbonyl (C=O) groups is 1. The van der Waals surface area contributed by atoms with Crippen molar-refractivity contribution in [3.05, 3.63) is 72.1 Å². The van der Waals surface area contributed by atoms with Crippen molar-refractivity contribution in [1.82, 2.24) is 20.6 Å². The van der Waals surface area contributed by atoms with E-state index in [9.17, 15) is 4.79 Å². The summed E-state index contributed by atoms with van der Waals surface area (Å²) in [6.45, 7) is 3.04. The van der Waals surface area contributed by atoms with Crippen molar-refractivity contribution in [3.63, 3.8) is 0 Å². The summed E-state index contributed by atoms with van der Waals surface area (Å²) < 4.78 is 17.5. The van der Waals surface area contributed by atoms with E-state index >= 15 is 0 Å². The number of hydrogen-bond acceptors (Lipinski definition) is 7. The highest BCUT2D eigenvalue weighted by Crippen LogP contribution is 2.41. The molecule has 1 aromatic heterocycles. The minimum atomic E-state index is -0.497. The maximum Gasteiger partial charge on any atom is 0.248 e. The summed E-state index contributed by atoms with van der Waals surface area (Å²) in [4.78, 5) is 12.6. The van der Waals surface area contributed by atoms with Gasteiger partial charge in [0.25, 0.3) is 0 Å². The number of H-pyrrole nitrogens is 1. The van der Waals surface area contributed by atoms with E-state index in [1.165, 1.54) is 38.2 Å². The molecular formula is C28H33N5O4. The van der Waals surface area contributed by atoms with E-state index in [0.29, 0.717) is 29.6 Å². The van der Waals surface area contributed by atoms with E-state index < -0.39 is 6.10 Å². The molecule has 0 saturated carbocycles. The summed E-state index contributed by atoms with van der Waals surface area (Å²) in [7, 11) is 0. The van der Waals surface area contributed by atoms with Gasteiger partial charge in [0.05, 0.1) is 5.69 Å². The third-order valence-electron chi connectivity index (χ3n) is 5.85.